The molecule has 2 aromatic rings. The second-order valence-electron chi connectivity index (χ2n) is 6.79. The summed E-state index contributed by atoms with van der Waals surface area (Å²) in [7, 11) is 0. The van der Waals surface area contributed by atoms with E-state index in [0.717, 1.165) is 11.1 Å². The molecule has 2 rings (SSSR count). The van der Waals surface area contributed by atoms with E-state index in [1.54, 1.807) is 0 Å². The summed E-state index contributed by atoms with van der Waals surface area (Å²) >= 11 is 0. The maximum atomic E-state index is 13.2. The third kappa shape index (κ3) is 4.93. The lowest BCUT2D eigenvalue weighted by Crippen LogP contribution is -2.45. The largest absolute Gasteiger partial charge is 0.334 e. The van der Waals surface area contributed by atoms with Crippen molar-refractivity contribution in [3.05, 3.63) is 71.8 Å². The molecule has 1 amide bonds. The van der Waals surface area contributed by atoms with Crippen LogP contribution in [0.2, 0.25) is 0 Å². The third-order valence-electron chi connectivity index (χ3n) is 4.31. The van der Waals surface area contributed by atoms with Gasteiger partial charge in [0.05, 0.1) is 5.92 Å². The molecule has 3 heteroatoms. The fourth-order valence-electron chi connectivity index (χ4n) is 3.15. The van der Waals surface area contributed by atoms with Crippen LogP contribution in [-0.4, -0.2) is 16.8 Å². The molecule has 0 radical (unpaired) electrons. The molecular formula is C21H28N2O. The van der Waals surface area contributed by atoms with E-state index in [4.69, 9.17) is 5.73 Å². The number of nitrogens with zero attached hydrogens (tertiary/aromatic N) is 1. The predicted octanol–water partition coefficient (Wildman–Crippen LogP) is 3.83. The summed E-state index contributed by atoms with van der Waals surface area (Å²) < 4.78 is 0. The minimum absolute atomic E-state index is 0.132. The quantitative estimate of drug-likeness (QED) is 0.841. The van der Waals surface area contributed by atoms with Crippen LogP contribution in [0.5, 0.6) is 0 Å². The molecule has 0 aromatic heterocycles. The highest BCUT2D eigenvalue weighted by Gasteiger charge is 2.30. The summed E-state index contributed by atoms with van der Waals surface area (Å²) in [5, 5.41) is 0. The van der Waals surface area contributed by atoms with Crippen molar-refractivity contribution < 1.29 is 4.79 Å². The highest BCUT2D eigenvalue weighted by molar-refractivity contribution is 5.79. The summed E-state index contributed by atoms with van der Waals surface area (Å²) in [4.78, 5) is 15.1. The average molecular weight is 324 g/mol. The van der Waals surface area contributed by atoms with E-state index >= 15 is 0 Å². The van der Waals surface area contributed by atoms with Gasteiger partial charge in [-0.1, -0.05) is 74.5 Å². The van der Waals surface area contributed by atoms with Gasteiger partial charge in [0.15, 0.2) is 0 Å². The summed E-state index contributed by atoms with van der Waals surface area (Å²) in [5.41, 5.74) is 8.38. The number of benzene rings is 2. The molecule has 3 nitrogen and oxygen atoms in total. The van der Waals surface area contributed by atoms with Gasteiger partial charge in [-0.05, 0) is 24.0 Å². The molecule has 0 saturated carbocycles. The Hall–Kier alpha value is -2.13. The molecule has 0 spiro atoms. The molecule has 2 atom stereocenters. The first-order valence-corrected chi connectivity index (χ1v) is 8.61. The molecule has 0 fully saturated rings. The Bertz CT molecular complexity index is 573. The third-order valence-corrected chi connectivity index (χ3v) is 4.31. The molecule has 0 heterocycles. The molecule has 2 N–H and O–H groups in total. The Kier molecular flexibility index (Phi) is 6.56. The second kappa shape index (κ2) is 8.65. The summed E-state index contributed by atoms with van der Waals surface area (Å²) in [6, 6.07) is 20.1. The van der Waals surface area contributed by atoms with Crippen LogP contribution in [0.25, 0.3) is 0 Å². The van der Waals surface area contributed by atoms with Crippen LogP contribution in [0.15, 0.2) is 60.7 Å². The normalized spacial score (nSPS) is 13.5. The van der Waals surface area contributed by atoms with Gasteiger partial charge in [0.2, 0.25) is 5.91 Å². The van der Waals surface area contributed by atoms with Crippen LogP contribution in [0.4, 0.5) is 0 Å². The zero-order valence-corrected chi connectivity index (χ0v) is 14.9. The highest BCUT2D eigenvalue weighted by Crippen LogP contribution is 2.21. The van der Waals surface area contributed by atoms with Crippen molar-refractivity contribution in [2.45, 2.75) is 39.9 Å². The van der Waals surface area contributed by atoms with Gasteiger partial charge in [-0.15, -0.1) is 0 Å². The van der Waals surface area contributed by atoms with Gasteiger partial charge in [-0.25, -0.2) is 0 Å². The van der Waals surface area contributed by atoms with Gasteiger partial charge in [-0.2, -0.15) is 0 Å². The Labute approximate surface area is 145 Å². The Morgan fingerprint density at radius 1 is 0.875 bits per heavy atom. The van der Waals surface area contributed by atoms with Gasteiger partial charge in [0, 0.05) is 19.1 Å². The van der Waals surface area contributed by atoms with E-state index in [0.29, 0.717) is 13.1 Å². The monoisotopic (exact) mass is 324 g/mol. The molecule has 2 unspecified atom stereocenters. The van der Waals surface area contributed by atoms with Crippen LogP contribution >= 0.6 is 0 Å². The maximum absolute atomic E-state index is 13.2. The van der Waals surface area contributed by atoms with E-state index in [9.17, 15) is 4.79 Å². The minimum Gasteiger partial charge on any atom is -0.334 e. The number of carbonyl (C=O) groups is 1. The lowest BCUT2D eigenvalue weighted by molar-refractivity contribution is -0.139. The molecule has 0 aliphatic rings. The zero-order chi connectivity index (χ0) is 17.5. The average Bonchev–Trinajstić information content (AvgIpc) is 2.55. The summed E-state index contributed by atoms with van der Waals surface area (Å²) in [5.74, 6) is 0.177. The van der Waals surface area contributed by atoms with Crippen LogP contribution in [0, 0.1) is 11.8 Å². The molecule has 0 saturated heterocycles. The SMILES string of the molecule is CC(C)C(C(=O)N(Cc1ccccc1)Cc1ccccc1)C(C)N. The van der Waals surface area contributed by atoms with E-state index in [-0.39, 0.29) is 23.8 Å². The lowest BCUT2D eigenvalue weighted by atomic mass is 9.88. The first-order valence-electron chi connectivity index (χ1n) is 8.61. The molecule has 128 valence electrons. The van der Waals surface area contributed by atoms with Gasteiger partial charge in [-0.3, -0.25) is 4.79 Å². The standard InChI is InChI=1S/C21H28N2O/c1-16(2)20(17(3)22)21(24)23(14-18-10-6-4-7-11-18)15-19-12-8-5-9-13-19/h4-13,16-17,20H,14-15,22H2,1-3H3. The van der Waals surface area contributed by atoms with Crippen LogP contribution in [0.3, 0.4) is 0 Å². The van der Waals surface area contributed by atoms with E-state index in [2.05, 4.69) is 38.1 Å². The summed E-state index contributed by atoms with van der Waals surface area (Å²) in [6.45, 7) is 7.26. The molecule has 0 aliphatic carbocycles. The predicted molar refractivity (Wildman–Crippen MR) is 99.1 cm³/mol. The smallest absolute Gasteiger partial charge is 0.228 e. The number of rotatable bonds is 7. The van der Waals surface area contributed by atoms with E-state index < -0.39 is 0 Å². The van der Waals surface area contributed by atoms with Crippen molar-refractivity contribution in [3.8, 4) is 0 Å². The Morgan fingerprint density at radius 3 is 1.62 bits per heavy atom. The number of carbonyl (C=O) groups excluding carboxylic acids is 1. The van der Waals surface area contributed by atoms with Gasteiger partial charge in [0.1, 0.15) is 0 Å². The van der Waals surface area contributed by atoms with Crippen molar-refractivity contribution >= 4 is 5.91 Å². The molecule has 0 bridgehead atoms. The second-order valence-corrected chi connectivity index (χ2v) is 6.79. The minimum atomic E-state index is -0.169. The van der Waals surface area contributed by atoms with Crippen LogP contribution < -0.4 is 5.73 Å². The number of hydrogen-bond acceptors (Lipinski definition) is 2. The van der Waals surface area contributed by atoms with Crippen molar-refractivity contribution in [2.75, 3.05) is 0 Å². The molecular weight excluding hydrogens is 296 g/mol. The lowest BCUT2D eigenvalue weighted by Gasteiger charge is -2.31. The topological polar surface area (TPSA) is 46.3 Å². The van der Waals surface area contributed by atoms with E-state index in [1.807, 2.05) is 48.2 Å². The van der Waals surface area contributed by atoms with E-state index in [1.165, 1.54) is 0 Å². The fraction of sp³-hybridized carbons (Fsp3) is 0.381. The number of nitrogens with two attached hydrogens (primary N) is 1. The molecule has 24 heavy (non-hydrogen) atoms. The molecule has 2 aromatic carbocycles. The Balaban J connectivity index is 2.25. The summed E-state index contributed by atoms with van der Waals surface area (Å²) in [6.07, 6.45) is 0. The van der Waals surface area contributed by atoms with Crippen molar-refractivity contribution in [3.63, 3.8) is 0 Å². The van der Waals surface area contributed by atoms with Crippen LogP contribution in [0.1, 0.15) is 31.9 Å². The van der Waals surface area contributed by atoms with Crippen molar-refractivity contribution in [1.82, 2.24) is 4.90 Å². The first kappa shape index (κ1) is 18.2. The Morgan fingerprint density at radius 2 is 1.29 bits per heavy atom. The maximum Gasteiger partial charge on any atom is 0.228 e. The van der Waals surface area contributed by atoms with Crippen LogP contribution in [-0.2, 0) is 17.9 Å². The molecule has 0 aliphatic heterocycles. The van der Waals surface area contributed by atoms with Gasteiger partial charge in [0.25, 0.3) is 0 Å². The first-order chi connectivity index (χ1) is 11.5. The van der Waals surface area contributed by atoms with Crippen molar-refractivity contribution in [2.24, 2.45) is 17.6 Å². The van der Waals surface area contributed by atoms with Gasteiger partial charge < -0.3 is 10.6 Å². The number of hydrogen-bond donors (Lipinski definition) is 1. The van der Waals surface area contributed by atoms with Crippen molar-refractivity contribution in [1.29, 1.82) is 0 Å². The zero-order valence-electron chi connectivity index (χ0n) is 14.9. The number of amides is 1. The van der Waals surface area contributed by atoms with Gasteiger partial charge >= 0.3 is 0 Å². The fourth-order valence-corrected chi connectivity index (χ4v) is 3.15. The highest BCUT2D eigenvalue weighted by atomic mass is 16.2.